The van der Waals surface area contributed by atoms with Gasteiger partial charge in [-0.05, 0) is 43.5 Å². The summed E-state index contributed by atoms with van der Waals surface area (Å²) in [5.41, 5.74) is 5.08. The fraction of sp³-hybridized carbons (Fsp3) is 0.565. The first-order valence-electron chi connectivity index (χ1n) is 12.3. The number of nitrogens with zero attached hydrogens (tertiary/aromatic N) is 2. The number of fused-ring (bicyclic) bond motifs is 9. The van der Waals surface area contributed by atoms with Gasteiger partial charge >= 0.3 is 0 Å². The highest BCUT2D eigenvalue weighted by atomic mass is 32.2. The molecule has 0 radical (unpaired) electrons. The quantitative estimate of drug-likeness (QED) is 0.349. The number of amides is 1. The van der Waals surface area contributed by atoms with Crippen molar-refractivity contribution in [3.63, 3.8) is 0 Å². The Morgan fingerprint density at radius 2 is 2.06 bits per heavy atom. The number of piperidine rings is 2. The number of hydrogen-bond donors (Lipinski definition) is 5. The zero-order valence-corrected chi connectivity index (χ0v) is 21.6. The Morgan fingerprint density at radius 3 is 2.92 bits per heavy atom. The van der Waals surface area contributed by atoms with Gasteiger partial charge in [0.2, 0.25) is 10.0 Å². The van der Waals surface area contributed by atoms with E-state index in [0.717, 1.165) is 30.4 Å². The molecule has 6 rings (SSSR count). The normalized spacial score (nSPS) is 33.6. The predicted molar refractivity (Wildman–Crippen MR) is 135 cm³/mol. The summed E-state index contributed by atoms with van der Waals surface area (Å²) < 4.78 is 37.2. The van der Waals surface area contributed by atoms with Crippen molar-refractivity contribution in [2.24, 2.45) is 11.8 Å². The Bertz CT molecular complexity index is 1250. The fourth-order valence-electron chi connectivity index (χ4n) is 5.67. The molecule has 36 heavy (non-hydrogen) atoms. The molecule has 0 spiro atoms. The number of carbonyl (C=O) groups excluding carboxylic acids is 1. The van der Waals surface area contributed by atoms with Crippen LogP contribution in [0.2, 0.25) is 0 Å². The van der Waals surface area contributed by atoms with Crippen LogP contribution in [0.3, 0.4) is 0 Å². The number of imidazole rings is 1. The molecule has 4 aliphatic heterocycles. The molecule has 0 aliphatic carbocycles. The van der Waals surface area contributed by atoms with Crippen LogP contribution in [0.4, 0.5) is 0 Å². The molecule has 6 atom stereocenters. The first kappa shape index (κ1) is 24.2. The van der Waals surface area contributed by atoms with Crippen molar-refractivity contribution in [3.8, 4) is 0 Å². The summed E-state index contributed by atoms with van der Waals surface area (Å²) in [6.07, 6.45) is 3.00. The van der Waals surface area contributed by atoms with Crippen molar-refractivity contribution in [2.75, 3.05) is 38.7 Å². The maximum atomic E-state index is 13.3. The first-order chi connectivity index (χ1) is 17.4. The number of sulfonamides is 1. The molecule has 2 saturated heterocycles. The van der Waals surface area contributed by atoms with Crippen LogP contribution in [0.5, 0.6) is 0 Å². The topological polar surface area (TPSA) is 138 Å². The molecule has 1 aromatic carbocycles. The third-order valence-electron chi connectivity index (χ3n) is 7.56. The molecule has 6 unspecified atom stereocenters. The molecule has 2 fully saturated rings. The first-order valence-corrected chi connectivity index (χ1v) is 14.7. The number of nitrogens with one attached hydrogen (secondary N) is 5. The number of methoxy groups -OCH3 is 1. The average molecular weight is 534 g/mol. The summed E-state index contributed by atoms with van der Waals surface area (Å²) in [4.78, 5) is 17.7. The Hall–Kier alpha value is -2.16. The standard InChI is InChI=1S/C23H31N7O4S2/c1-34-21-18-7-16(11-26-21)22-28-30-19(12-27-23(30)35-22)15-5-13(8-24-10-15)9-25-20(31)14-3-2-4-17(6-14)36(32,33)29-18/h2-4,6,12-13,15-16,18,21-22,24,26,28-29H,5,7-11H2,1H3,(H,25,31). The van der Waals surface area contributed by atoms with E-state index in [-0.39, 0.29) is 33.9 Å². The van der Waals surface area contributed by atoms with Crippen LogP contribution in [0.25, 0.3) is 0 Å². The number of rotatable bonds is 1. The van der Waals surface area contributed by atoms with Crippen molar-refractivity contribution in [1.29, 1.82) is 0 Å². The SMILES string of the molecule is COC1NCC2CC1NS(=O)(=O)c1cccc(c1)C(=O)NCC1CNCC(C1)c1cnc3n1NC2S3. The lowest BCUT2D eigenvalue weighted by Gasteiger charge is -2.38. The Balaban J connectivity index is 1.35. The van der Waals surface area contributed by atoms with Crippen molar-refractivity contribution in [2.45, 2.75) is 46.5 Å². The monoisotopic (exact) mass is 533 g/mol. The minimum Gasteiger partial charge on any atom is -0.365 e. The molecule has 5 heterocycles. The van der Waals surface area contributed by atoms with Gasteiger partial charge in [0.1, 0.15) is 6.23 Å². The van der Waals surface area contributed by atoms with E-state index in [1.807, 2.05) is 6.20 Å². The Morgan fingerprint density at radius 1 is 1.17 bits per heavy atom. The van der Waals surface area contributed by atoms with Crippen molar-refractivity contribution < 1.29 is 17.9 Å². The lowest BCUT2D eigenvalue weighted by molar-refractivity contribution is 0.0180. The lowest BCUT2D eigenvalue weighted by atomic mass is 9.88. The summed E-state index contributed by atoms with van der Waals surface area (Å²) in [6, 6.07) is 5.71. The van der Waals surface area contributed by atoms with E-state index >= 15 is 0 Å². The second kappa shape index (κ2) is 9.62. The van der Waals surface area contributed by atoms with Crippen LogP contribution < -0.4 is 26.1 Å². The van der Waals surface area contributed by atoms with Gasteiger partial charge in [-0.2, -0.15) is 0 Å². The van der Waals surface area contributed by atoms with E-state index < -0.39 is 22.3 Å². The molecule has 13 heteroatoms. The molecule has 8 bridgehead atoms. The molecule has 4 aliphatic rings. The van der Waals surface area contributed by atoms with Gasteiger partial charge in [-0.1, -0.05) is 17.8 Å². The third-order valence-corrected chi connectivity index (χ3v) is 10.3. The van der Waals surface area contributed by atoms with Crippen LogP contribution in [-0.4, -0.2) is 74.9 Å². The van der Waals surface area contributed by atoms with Crippen LogP contribution in [0.15, 0.2) is 40.5 Å². The number of aromatic nitrogens is 2. The third kappa shape index (κ3) is 4.52. The lowest BCUT2D eigenvalue weighted by Crippen LogP contribution is -2.58. The largest absolute Gasteiger partial charge is 0.365 e. The van der Waals surface area contributed by atoms with Gasteiger partial charge in [0.25, 0.3) is 5.91 Å². The Labute approximate surface area is 214 Å². The molecule has 0 saturated carbocycles. The molecular weight excluding hydrogens is 502 g/mol. The summed E-state index contributed by atoms with van der Waals surface area (Å²) in [5, 5.41) is 10.8. The number of ether oxygens (including phenoxy) is 1. The second-order valence-electron chi connectivity index (χ2n) is 9.95. The minimum atomic E-state index is -3.88. The zero-order valence-electron chi connectivity index (χ0n) is 19.9. The highest BCUT2D eigenvalue weighted by Gasteiger charge is 2.41. The van der Waals surface area contributed by atoms with E-state index in [9.17, 15) is 13.2 Å². The zero-order chi connectivity index (χ0) is 24.9. The fourth-order valence-corrected chi connectivity index (χ4v) is 8.13. The number of benzene rings is 1. The molecule has 11 nitrogen and oxygen atoms in total. The van der Waals surface area contributed by atoms with Gasteiger partial charge in [0.05, 0.1) is 28.2 Å². The van der Waals surface area contributed by atoms with Gasteiger partial charge in [-0.15, -0.1) is 0 Å². The van der Waals surface area contributed by atoms with E-state index in [0.29, 0.717) is 25.1 Å². The number of hydrogen-bond acceptors (Lipinski definition) is 9. The van der Waals surface area contributed by atoms with Crippen molar-refractivity contribution in [3.05, 3.63) is 41.7 Å². The smallest absolute Gasteiger partial charge is 0.251 e. The molecule has 1 aromatic heterocycles. The Kier molecular flexibility index (Phi) is 6.46. The van der Waals surface area contributed by atoms with Gasteiger partial charge in [-0.25, -0.2) is 22.8 Å². The van der Waals surface area contributed by atoms with Gasteiger partial charge in [0.15, 0.2) is 5.16 Å². The van der Waals surface area contributed by atoms with E-state index in [4.69, 9.17) is 4.74 Å². The summed E-state index contributed by atoms with van der Waals surface area (Å²) in [6.45, 7) is 2.87. The second-order valence-corrected chi connectivity index (χ2v) is 12.8. The number of carbonyl (C=O) groups is 1. The van der Waals surface area contributed by atoms with Gasteiger partial charge in [-0.3, -0.25) is 10.1 Å². The molecule has 194 valence electrons. The molecule has 5 N–H and O–H groups in total. The average Bonchev–Trinajstić information content (AvgIpc) is 3.48. The van der Waals surface area contributed by atoms with Crippen LogP contribution in [-0.2, 0) is 14.8 Å². The van der Waals surface area contributed by atoms with Crippen LogP contribution in [0, 0.1) is 11.8 Å². The number of thioether (sulfide) groups is 1. The molecule has 1 amide bonds. The van der Waals surface area contributed by atoms with Crippen molar-refractivity contribution >= 4 is 27.7 Å². The molecule has 2 aromatic rings. The summed E-state index contributed by atoms with van der Waals surface area (Å²) in [5.74, 6) is 0.385. The van der Waals surface area contributed by atoms with Crippen LogP contribution in [0.1, 0.15) is 34.8 Å². The van der Waals surface area contributed by atoms with Gasteiger partial charge < -0.3 is 20.8 Å². The maximum Gasteiger partial charge on any atom is 0.251 e. The van der Waals surface area contributed by atoms with Gasteiger partial charge in [0, 0.05) is 44.1 Å². The highest BCUT2D eigenvalue weighted by molar-refractivity contribution is 8.00. The predicted octanol–water partition coefficient (Wildman–Crippen LogP) is 0.224. The van der Waals surface area contributed by atoms with Crippen LogP contribution >= 0.6 is 11.8 Å². The maximum absolute atomic E-state index is 13.3. The minimum absolute atomic E-state index is 0.0543. The molecular formula is C23H31N7O4S2. The van der Waals surface area contributed by atoms with E-state index in [1.165, 1.54) is 12.1 Å². The van der Waals surface area contributed by atoms with E-state index in [2.05, 4.69) is 35.8 Å². The van der Waals surface area contributed by atoms with E-state index in [1.54, 1.807) is 31.0 Å². The summed E-state index contributed by atoms with van der Waals surface area (Å²) >= 11 is 1.68. The highest BCUT2D eigenvalue weighted by Crippen LogP contribution is 2.38. The summed E-state index contributed by atoms with van der Waals surface area (Å²) in [7, 11) is -2.31. The van der Waals surface area contributed by atoms with Crippen molar-refractivity contribution in [1.82, 2.24) is 30.3 Å².